The molecule has 0 bridgehead atoms. The van der Waals surface area contributed by atoms with Crippen LogP contribution in [0.15, 0.2) is 66.3 Å². The number of anilines is 3. The van der Waals surface area contributed by atoms with E-state index in [0.29, 0.717) is 38.0 Å². The SMILES string of the molecule is CC(C)(C)N1CCC(n2cc(C(Nc3cc(Cl)c4ncc(C#N)c(Nc5ccc(F)c(Cl)c5)c4c3)c3csc4ccc(Cl)cc34)nn2)CC1. The largest absolute Gasteiger partial charge is 0.373 e. The number of pyridine rings is 1. The Morgan fingerprint density at radius 2 is 1.78 bits per heavy atom. The van der Waals surface area contributed by atoms with Gasteiger partial charge in [0.05, 0.1) is 45.1 Å². The Morgan fingerprint density at radius 3 is 2.51 bits per heavy atom. The van der Waals surface area contributed by atoms with Gasteiger partial charge in [-0.2, -0.15) is 5.26 Å². The van der Waals surface area contributed by atoms with Crippen molar-refractivity contribution in [2.75, 3.05) is 23.7 Å². The van der Waals surface area contributed by atoms with Crippen LogP contribution in [-0.4, -0.2) is 43.5 Å². The van der Waals surface area contributed by atoms with Crippen molar-refractivity contribution in [1.29, 1.82) is 5.26 Å². The van der Waals surface area contributed by atoms with Gasteiger partial charge in [-0.25, -0.2) is 9.07 Å². The molecule has 0 spiro atoms. The average molecular weight is 734 g/mol. The van der Waals surface area contributed by atoms with Crippen molar-refractivity contribution in [3.8, 4) is 6.07 Å². The summed E-state index contributed by atoms with van der Waals surface area (Å²) in [6, 6.07) is 15.9. The fourth-order valence-corrected chi connectivity index (χ4v) is 7.99. The number of thiophene rings is 1. The van der Waals surface area contributed by atoms with Crippen LogP contribution in [0.25, 0.3) is 21.0 Å². The summed E-state index contributed by atoms with van der Waals surface area (Å²) in [5.41, 5.74) is 4.31. The van der Waals surface area contributed by atoms with Crippen LogP contribution in [0.5, 0.6) is 0 Å². The number of hydrogen-bond acceptors (Lipinski definition) is 8. The number of benzene rings is 3. The lowest BCUT2D eigenvalue weighted by molar-refractivity contribution is 0.0866. The molecule has 2 N–H and O–H groups in total. The molecule has 0 radical (unpaired) electrons. The minimum absolute atomic E-state index is 0.0407. The second-order valence-electron chi connectivity index (χ2n) is 13.2. The third-order valence-electron chi connectivity index (χ3n) is 9.03. The van der Waals surface area contributed by atoms with Gasteiger partial charge in [-0.3, -0.25) is 9.88 Å². The maximum Gasteiger partial charge on any atom is 0.141 e. The van der Waals surface area contributed by atoms with Crippen LogP contribution >= 0.6 is 46.1 Å². The average Bonchev–Trinajstić information content (AvgIpc) is 3.73. The first kappa shape index (κ1) is 33.5. The molecule has 1 saturated heterocycles. The van der Waals surface area contributed by atoms with E-state index in [1.807, 2.05) is 41.2 Å². The van der Waals surface area contributed by atoms with Crippen molar-refractivity contribution in [3.63, 3.8) is 0 Å². The summed E-state index contributed by atoms with van der Waals surface area (Å²) in [7, 11) is 0. The lowest BCUT2D eigenvalue weighted by Gasteiger charge is -2.40. The second-order valence-corrected chi connectivity index (χ2v) is 15.4. The van der Waals surface area contributed by atoms with Crippen molar-refractivity contribution in [3.05, 3.63) is 104 Å². The van der Waals surface area contributed by atoms with Crippen LogP contribution in [0.3, 0.4) is 0 Å². The maximum absolute atomic E-state index is 13.9. The molecule has 0 saturated carbocycles. The summed E-state index contributed by atoms with van der Waals surface area (Å²) < 4.78 is 17.0. The molecule has 250 valence electrons. The molecule has 6 aromatic rings. The standard InChI is InChI=1S/C36H32Cl3FN8S/c1-36(2,3)47-10-8-24(9-11-47)48-18-31(45-46-48)35(27-19-49-32-7-4-21(37)12-25(27)32)44-23-13-26-33(43-22-5-6-30(40)28(38)14-22)20(16-41)17-42-34(26)29(39)15-23/h4-7,12-15,17-19,24,35,44H,8-11H2,1-3H3,(H,42,43). The third-order valence-corrected chi connectivity index (χ3v) is 10.8. The number of nitriles is 1. The molecule has 7 rings (SSSR count). The van der Waals surface area contributed by atoms with Gasteiger partial charge in [0.15, 0.2) is 0 Å². The summed E-state index contributed by atoms with van der Waals surface area (Å²) in [6.45, 7) is 8.74. The molecule has 1 fully saturated rings. The van der Waals surface area contributed by atoms with Crippen LogP contribution < -0.4 is 10.6 Å². The Hall–Kier alpha value is -3.98. The molecule has 1 aliphatic rings. The summed E-state index contributed by atoms with van der Waals surface area (Å²) >= 11 is 21.0. The lowest BCUT2D eigenvalue weighted by Crippen LogP contribution is -2.46. The molecule has 3 aromatic carbocycles. The van der Waals surface area contributed by atoms with Crippen molar-refractivity contribution >= 4 is 84.2 Å². The van der Waals surface area contributed by atoms with Crippen molar-refractivity contribution in [2.45, 2.75) is 51.2 Å². The Kier molecular flexibility index (Phi) is 9.15. The van der Waals surface area contributed by atoms with Crippen molar-refractivity contribution < 1.29 is 4.39 Å². The topological polar surface area (TPSA) is 94.7 Å². The molecule has 1 unspecified atom stereocenters. The van der Waals surface area contributed by atoms with Crippen LogP contribution in [0, 0.1) is 17.1 Å². The fourth-order valence-electron chi connectivity index (χ4n) is 6.41. The van der Waals surface area contributed by atoms with Gasteiger partial charge in [-0.15, -0.1) is 16.4 Å². The van der Waals surface area contributed by atoms with E-state index in [1.54, 1.807) is 17.4 Å². The highest BCUT2D eigenvalue weighted by atomic mass is 35.5. The number of fused-ring (bicyclic) bond motifs is 2. The van der Waals surface area contributed by atoms with Gasteiger partial charge in [-0.05, 0) is 98.5 Å². The zero-order valence-corrected chi connectivity index (χ0v) is 30.0. The first-order valence-corrected chi connectivity index (χ1v) is 17.8. The Bertz CT molecular complexity index is 2230. The van der Waals surface area contributed by atoms with E-state index in [0.717, 1.165) is 47.3 Å². The highest BCUT2D eigenvalue weighted by Gasteiger charge is 2.30. The van der Waals surface area contributed by atoms with E-state index in [9.17, 15) is 9.65 Å². The number of hydrogen-bond donors (Lipinski definition) is 2. The number of aromatic nitrogens is 4. The van der Waals surface area contributed by atoms with Crippen LogP contribution in [0.2, 0.25) is 15.1 Å². The van der Waals surface area contributed by atoms with Crippen molar-refractivity contribution in [2.24, 2.45) is 0 Å². The van der Waals surface area contributed by atoms with Gasteiger partial charge in [0.25, 0.3) is 0 Å². The zero-order valence-electron chi connectivity index (χ0n) is 26.9. The molecule has 1 aliphatic heterocycles. The smallest absolute Gasteiger partial charge is 0.141 e. The number of halogens is 4. The van der Waals surface area contributed by atoms with Gasteiger partial charge in [0, 0.05) is 51.3 Å². The number of nitrogens with zero attached hydrogens (tertiary/aromatic N) is 6. The monoisotopic (exact) mass is 732 g/mol. The normalized spacial score (nSPS) is 15.1. The number of likely N-dealkylation sites (tertiary alicyclic amines) is 1. The van der Waals surface area contributed by atoms with Gasteiger partial charge >= 0.3 is 0 Å². The number of nitrogens with one attached hydrogen (secondary N) is 2. The van der Waals surface area contributed by atoms with E-state index in [4.69, 9.17) is 39.9 Å². The molecule has 1 atom stereocenters. The molecule has 3 aromatic heterocycles. The van der Waals surface area contributed by atoms with E-state index in [1.165, 1.54) is 18.3 Å². The lowest BCUT2D eigenvalue weighted by atomic mass is 9.98. The first-order chi connectivity index (χ1) is 23.5. The van der Waals surface area contributed by atoms with Gasteiger partial charge in [0.2, 0.25) is 0 Å². The van der Waals surface area contributed by atoms with Crippen LogP contribution in [0.1, 0.15) is 62.5 Å². The van der Waals surface area contributed by atoms with Crippen LogP contribution in [-0.2, 0) is 0 Å². The quantitative estimate of drug-likeness (QED) is 0.169. The number of piperidine rings is 1. The van der Waals surface area contributed by atoms with Crippen molar-refractivity contribution in [1.82, 2.24) is 24.9 Å². The zero-order chi connectivity index (χ0) is 34.4. The molecule has 8 nitrogen and oxygen atoms in total. The second kappa shape index (κ2) is 13.4. The number of rotatable bonds is 7. The minimum atomic E-state index is -0.539. The third kappa shape index (κ3) is 6.79. The van der Waals surface area contributed by atoms with Crippen LogP contribution in [0.4, 0.5) is 21.5 Å². The minimum Gasteiger partial charge on any atom is -0.373 e. The predicted molar refractivity (Wildman–Crippen MR) is 198 cm³/mol. The Labute approximate surface area is 302 Å². The van der Waals surface area contributed by atoms with Gasteiger partial charge in [0.1, 0.15) is 17.6 Å². The predicted octanol–water partition coefficient (Wildman–Crippen LogP) is 10.4. The van der Waals surface area contributed by atoms with E-state index in [2.05, 4.69) is 58.0 Å². The first-order valence-electron chi connectivity index (χ1n) is 15.8. The fraction of sp³-hybridized carbons (Fsp3) is 0.278. The molecule has 4 heterocycles. The molecular weight excluding hydrogens is 702 g/mol. The highest BCUT2D eigenvalue weighted by molar-refractivity contribution is 7.17. The van der Waals surface area contributed by atoms with E-state index < -0.39 is 11.9 Å². The molecule has 49 heavy (non-hydrogen) atoms. The Morgan fingerprint density at radius 1 is 1.00 bits per heavy atom. The van der Waals surface area contributed by atoms with E-state index >= 15 is 0 Å². The molecule has 0 aliphatic carbocycles. The maximum atomic E-state index is 13.9. The molecular formula is C36H32Cl3FN8S. The highest BCUT2D eigenvalue weighted by Crippen LogP contribution is 2.40. The summed E-state index contributed by atoms with van der Waals surface area (Å²) in [5, 5.41) is 31.0. The summed E-state index contributed by atoms with van der Waals surface area (Å²) in [5.74, 6) is -0.539. The molecule has 13 heteroatoms. The van der Waals surface area contributed by atoms with E-state index in [-0.39, 0.29) is 22.2 Å². The molecule has 0 amide bonds. The Balaban J connectivity index is 1.29. The van der Waals surface area contributed by atoms with Gasteiger partial charge < -0.3 is 10.6 Å². The summed E-state index contributed by atoms with van der Waals surface area (Å²) in [6.07, 6.45) is 5.47. The summed E-state index contributed by atoms with van der Waals surface area (Å²) in [4.78, 5) is 7.00. The van der Waals surface area contributed by atoms with Gasteiger partial charge in [-0.1, -0.05) is 40.0 Å².